The minimum absolute atomic E-state index is 0.0675. The molecule has 39 heavy (non-hydrogen) atoms. The molecule has 0 fully saturated rings. The Morgan fingerprint density at radius 2 is 1.54 bits per heavy atom. The van der Waals surface area contributed by atoms with E-state index in [4.69, 9.17) is 5.73 Å². The third-order valence-electron chi connectivity index (χ3n) is 6.89. The van der Waals surface area contributed by atoms with Gasteiger partial charge in [0.15, 0.2) is 0 Å². The van der Waals surface area contributed by atoms with Gasteiger partial charge in [-0.15, -0.1) is 0 Å². The Labute approximate surface area is 227 Å². The van der Waals surface area contributed by atoms with Crippen molar-refractivity contribution < 1.29 is 24.3 Å². The van der Waals surface area contributed by atoms with Crippen LogP contribution in [0.2, 0.25) is 0 Å². The molecule has 1 heterocycles. The second-order valence-corrected chi connectivity index (χ2v) is 9.86. The minimum atomic E-state index is -1.20. The SMILES string of the molecule is CCC(C)C(NC(=O)C(C)NC(=O)C(N)Cc1ccccc1)C(=O)NC(Cc1c[nH]c2ccccc12)C(=O)O. The Bertz CT molecular complexity index is 1290. The van der Waals surface area contributed by atoms with Crippen molar-refractivity contribution in [2.24, 2.45) is 11.7 Å². The number of aliphatic carboxylic acids is 1. The van der Waals surface area contributed by atoms with E-state index in [-0.39, 0.29) is 12.3 Å². The van der Waals surface area contributed by atoms with Crippen LogP contribution < -0.4 is 21.7 Å². The highest BCUT2D eigenvalue weighted by Crippen LogP contribution is 2.19. The average Bonchev–Trinajstić information content (AvgIpc) is 3.33. The van der Waals surface area contributed by atoms with E-state index in [1.54, 1.807) is 13.1 Å². The zero-order valence-corrected chi connectivity index (χ0v) is 22.4. The van der Waals surface area contributed by atoms with Gasteiger partial charge in [0.25, 0.3) is 0 Å². The smallest absolute Gasteiger partial charge is 0.326 e. The summed E-state index contributed by atoms with van der Waals surface area (Å²) >= 11 is 0. The molecule has 0 aliphatic carbocycles. The fourth-order valence-corrected chi connectivity index (χ4v) is 4.31. The summed E-state index contributed by atoms with van der Waals surface area (Å²) < 4.78 is 0. The molecule has 5 atom stereocenters. The molecule has 0 radical (unpaired) electrons. The number of hydrogen-bond donors (Lipinski definition) is 6. The van der Waals surface area contributed by atoms with E-state index >= 15 is 0 Å². The zero-order chi connectivity index (χ0) is 28.5. The van der Waals surface area contributed by atoms with Crippen LogP contribution in [0.4, 0.5) is 0 Å². The number of carbonyl (C=O) groups is 4. The second-order valence-electron chi connectivity index (χ2n) is 9.86. The number of carbonyl (C=O) groups excluding carboxylic acids is 3. The molecule has 208 valence electrons. The zero-order valence-electron chi connectivity index (χ0n) is 22.4. The van der Waals surface area contributed by atoms with Crippen LogP contribution in [-0.4, -0.2) is 57.9 Å². The minimum Gasteiger partial charge on any atom is -0.480 e. The Kier molecular flexibility index (Phi) is 10.2. The van der Waals surface area contributed by atoms with Crippen LogP contribution in [0.15, 0.2) is 60.8 Å². The number of hydrogen-bond acceptors (Lipinski definition) is 5. The van der Waals surface area contributed by atoms with Gasteiger partial charge < -0.3 is 31.8 Å². The number of fused-ring (bicyclic) bond motifs is 1. The molecule has 3 rings (SSSR count). The van der Waals surface area contributed by atoms with Crippen LogP contribution in [0.1, 0.15) is 38.3 Å². The number of para-hydroxylation sites is 1. The highest BCUT2D eigenvalue weighted by Gasteiger charge is 2.32. The molecular formula is C29H37N5O5. The van der Waals surface area contributed by atoms with E-state index in [1.165, 1.54) is 6.92 Å². The van der Waals surface area contributed by atoms with Gasteiger partial charge in [-0.2, -0.15) is 0 Å². The standard InChI is InChI=1S/C29H37N5O5/c1-4-17(2)25(34-26(35)18(3)32-27(36)22(30)14-19-10-6-5-7-11-19)28(37)33-24(29(38)39)15-20-16-31-23-13-9-8-12-21(20)23/h5-13,16-18,22,24-25,31H,4,14-15,30H2,1-3H3,(H,32,36)(H,33,37)(H,34,35)(H,38,39). The Morgan fingerprint density at radius 1 is 0.872 bits per heavy atom. The molecule has 2 aromatic carbocycles. The van der Waals surface area contributed by atoms with Crippen molar-refractivity contribution in [1.82, 2.24) is 20.9 Å². The predicted octanol–water partition coefficient (Wildman–Crippen LogP) is 1.89. The maximum absolute atomic E-state index is 13.2. The molecule has 1 aromatic heterocycles. The lowest BCUT2D eigenvalue weighted by molar-refractivity contribution is -0.142. The van der Waals surface area contributed by atoms with Crippen molar-refractivity contribution in [3.63, 3.8) is 0 Å². The molecule has 10 heteroatoms. The fourth-order valence-electron chi connectivity index (χ4n) is 4.31. The van der Waals surface area contributed by atoms with Crippen molar-refractivity contribution in [2.75, 3.05) is 0 Å². The molecule has 10 nitrogen and oxygen atoms in total. The molecule has 7 N–H and O–H groups in total. The number of carboxylic acid groups (broad SMARTS) is 1. The molecular weight excluding hydrogens is 498 g/mol. The molecule has 5 unspecified atom stereocenters. The molecule has 0 saturated heterocycles. The number of carboxylic acids is 1. The van der Waals surface area contributed by atoms with Crippen LogP contribution in [0.3, 0.4) is 0 Å². The second kappa shape index (κ2) is 13.6. The number of amides is 3. The van der Waals surface area contributed by atoms with Crippen molar-refractivity contribution in [1.29, 1.82) is 0 Å². The van der Waals surface area contributed by atoms with Crippen LogP contribution in [0.25, 0.3) is 10.9 Å². The first-order valence-electron chi connectivity index (χ1n) is 13.1. The van der Waals surface area contributed by atoms with Crippen LogP contribution in [0.5, 0.6) is 0 Å². The lowest BCUT2D eigenvalue weighted by Gasteiger charge is -2.27. The van der Waals surface area contributed by atoms with E-state index in [9.17, 15) is 24.3 Å². The van der Waals surface area contributed by atoms with Gasteiger partial charge in [0.2, 0.25) is 17.7 Å². The lowest BCUT2D eigenvalue weighted by atomic mass is 9.97. The van der Waals surface area contributed by atoms with E-state index in [2.05, 4.69) is 20.9 Å². The number of aromatic nitrogens is 1. The third-order valence-corrected chi connectivity index (χ3v) is 6.89. The number of aromatic amines is 1. The summed E-state index contributed by atoms with van der Waals surface area (Å²) in [5.41, 5.74) is 8.54. The number of rotatable bonds is 13. The molecule has 0 aliphatic heterocycles. The van der Waals surface area contributed by atoms with Gasteiger partial charge in [-0.1, -0.05) is 68.8 Å². The van der Waals surface area contributed by atoms with Crippen molar-refractivity contribution in [3.8, 4) is 0 Å². The van der Waals surface area contributed by atoms with E-state index in [0.29, 0.717) is 12.8 Å². The van der Waals surface area contributed by atoms with Crippen LogP contribution in [-0.2, 0) is 32.0 Å². The van der Waals surface area contributed by atoms with Crippen LogP contribution >= 0.6 is 0 Å². The summed E-state index contributed by atoms with van der Waals surface area (Å²) in [6.07, 6.45) is 2.67. The molecule has 0 saturated carbocycles. The molecule has 0 bridgehead atoms. The maximum atomic E-state index is 13.2. The van der Waals surface area contributed by atoms with Gasteiger partial charge in [0.1, 0.15) is 18.1 Å². The highest BCUT2D eigenvalue weighted by molar-refractivity contribution is 5.94. The Hall–Kier alpha value is -4.18. The molecule has 3 aromatic rings. The van der Waals surface area contributed by atoms with Gasteiger partial charge in [0, 0.05) is 23.5 Å². The maximum Gasteiger partial charge on any atom is 0.326 e. The molecule has 3 amide bonds. The van der Waals surface area contributed by atoms with Crippen molar-refractivity contribution in [2.45, 2.75) is 64.2 Å². The number of nitrogens with two attached hydrogens (primary N) is 1. The third kappa shape index (κ3) is 7.90. The summed E-state index contributed by atoms with van der Waals surface area (Å²) in [6.45, 7) is 5.16. The first-order valence-corrected chi connectivity index (χ1v) is 13.1. The van der Waals surface area contributed by atoms with Gasteiger partial charge in [-0.25, -0.2) is 4.79 Å². The summed E-state index contributed by atoms with van der Waals surface area (Å²) in [6, 6.07) is 12.8. The average molecular weight is 536 g/mol. The number of benzene rings is 2. The first kappa shape index (κ1) is 29.4. The number of nitrogens with one attached hydrogen (secondary N) is 4. The first-order chi connectivity index (χ1) is 18.6. The highest BCUT2D eigenvalue weighted by atomic mass is 16.4. The normalized spacial score (nSPS) is 15.0. The van der Waals surface area contributed by atoms with E-state index in [0.717, 1.165) is 22.0 Å². The largest absolute Gasteiger partial charge is 0.480 e. The van der Waals surface area contributed by atoms with Crippen molar-refractivity contribution in [3.05, 3.63) is 71.9 Å². The fraction of sp³-hybridized carbons (Fsp3) is 0.379. The van der Waals surface area contributed by atoms with Gasteiger partial charge >= 0.3 is 5.97 Å². The number of H-pyrrole nitrogens is 1. The van der Waals surface area contributed by atoms with Crippen LogP contribution in [0, 0.1) is 5.92 Å². The topological polar surface area (TPSA) is 166 Å². The Morgan fingerprint density at radius 3 is 2.21 bits per heavy atom. The summed E-state index contributed by atoms with van der Waals surface area (Å²) in [5.74, 6) is -3.14. The lowest BCUT2D eigenvalue weighted by Crippen LogP contribution is -2.58. The summed E-state index contributed by atoms with van der Waals surface area (Å²) in [7, 11) is 0. The molecule has 0 aliphatic rings. The Balaban J connectivity index is 1.63. The monoisotopic (exact) mass is 535 g/mol. The van der Waals surface area contributed by atoms with Gasteiger partial charge in [0.05, 0.1) is 6.04 Å². The summed E-state index contributed by atoms with van der Waals surface area (Å²) in [5, 5.41) is 18.6. The van der Waals surface area contributed by atoms with Crippen molar-refractivity contribution >= 4 is 34.6 Å². The molecule has 0 spiro atoms. The van der Waals surface area contributed by atoms with E-state index in [1.807, 2.05) is 61.5 Å². The van der Waals surface area contributed by atoms with Gasteiger partial charge in [-0.05, 0) is 36.5 Å². The predicted molar refractivity (Wildman–Crippen MR) is 149 cm³/mol. The van der Waals surface area contributed by atoms with E-state index < -0.39 is 47.9 Å². The summed E-state index contributed by atoms with van der Waals surface area (Å²) in [4.78, 5) is 53.9. The quantitative estimate of drug-likeness (QED) is 0.195. The van der Waals surface area contributed by atoms with Gasteiger partial charge in [-0.3, -0.25) is 14.4 Å².